The maximum Gasteiger partial charge on any atom is 0.195 e. The fraction of sp³-hybridized carbons (Fsp3) is 0.304. The smallest absolute Gasteiger partial charge is 0.195 e. The van der Waals surface area contributed by atoms with Crippen LogP contribution in [0.1, 0.15) is 23.9 Å². The molecule has 30 heavy (non-hydrogen) atoms. The second kappa shape index (κ2) is 9.82. The molecular weight excluding hydrogens is 378 g/mol. The number of benzene rings is 2. The summed E-state index contributed by atoms with van der Waals surface area (Å²) >= 11 is 0. The fourth-order valence-electron chi connectivity index (χ4n) is 3.26. The molecule has 0 saturated heterocycles. The monoisotopic (exact) mass is 407 g/mol. The lowest BCUT2D eigenvalue weighted by molar-refractivity contribution is 0.311. The Morgan fingerprint density at radius 3 is 2.57 bits per heavy atom. The molecule has 0 aliphatic rings. The SMILES string of the molecule is CCOc1cc(NC(=NC)NCc2ccccc2-n2nc(C)cc2C)ccc1OC. The Labute approximate surface area is 177 Å². The van der Waals surface area contributed by atoms with Gasteiger partial charge in [0.25, 0.3) is 0 Å². The molecule has 0 saturated carbocycles. The van der Waals surface area contributed by atoms with Crippen molar-refractivity contribution < 1.29 is 9.47 Å². The van der Waals surface area contributed by atoms with E-state index < -0.39 is 0 Å². The van der Waals surface area contributed by atoms with Crippen LogP contribution in [0.4, 0.5) is 5.69 Å². The van der Waals surface area contributed by atoms with Crippen LogP contribution in [0.15, 0.2) is 53.5 Å². The third-order valence-electron chi connectivity index (χ3n) is 4.63. The third-order valence-corrected chi connectivity index (χ3v) is 4.63. The lowest BCUT2D eigenvalue weighted by atomic mass is 10.1. The zero-order valence-corrected chi connectivity index (χ0v) is 18.2. The van der Waals surface area contributed by atoms with E-state index in [2.05, 4.69) is 45.8 Å². The van der Waals surface area contributed by atoms with E-state index in [1.165, 1.54) is 0 Å². The number of ether oxygens (including phenoxy) is 2. The molecule has 0 amide bonds. The van der Waals surface area contributed by atoms with Crippen molar-refractivity contribution in [3.8, 4) is 17.2 Å². The summed E-state index contributed by atoms with van der Waals surface area (Å²) in [6, 6.07) is 16.0. The van der Waals surface area contributed by atoms with Gasteiger partial charge in [-0.25, -0.2) is 4.68 Å². The summed E-state index contributed by atoms with van der Waals surface area (Å²) in [5.41, 5.74) is 5.13. The van der Waals surface area contributed by atoms with Crippen molar-refractivity contribution in [2.24, 2.45) is 4.99 Å². The van der Waals surface area contributed by atoms with Gasteiger partial charge in [0.15, 0.2) is 17.5 Å². The van der Waals surface area contributed by atoms with E-state index in [1.807, 2.05) is 48.9 Å². The molecule has 0 aliphatic heterocycles. The second-order valence-electron chi connectivity index (χ2n) is 6.82. The van der Waals surface area contributed by atoms with Gasteiger partial charge in [0, 0.05) is 31.0 Å². The number of methoxy groups -OCH3 is 1. The Kier molecular flexibility index (Phi) is 6.95. The molecule has 2 N–H and O–H groups in total. The summed E-state index contributed by atoms with van der Waals surface area (Å²) in [6.07, 6.45) is 0. The molecule has 0 bridgehead atoms. The molecule has 1 heterocycles. The van der Waals surface area contributed by atoms with Gasteiger partial charge in [-0.1, -0.05) is 18.2 Å². The standard InChI is InChI=1S/C23H29N5O2/c1-6-30-22-14-19(11-12-21(22)29-5)26-23(24-4)25-15-18-9-7-8-10-20(18)28-17(3)13-16(2)27-28/h7-14H,6,15H2,1-5H3,(H2,24,25,26). The van der Waals surface area contributed by atoms with Crippen LogP contribution in [0.2, 0.25) is 0 Å². The van der Waals surface area contributed by atoms with Crippen LogP contribution in [-0.4, -0.2) is 36.5 Å². The Balaban J connectivity index is 1.74. The molecule has 0 atom stereocenters. The van der Waals surface area contributed by atoms with Gasteiger partial charge in [-0.05, 0) is 50.6 Å². The minimum atomic E-state index is 0.565. The summed E-state index contributed by atoms with van der Waals surface area (Å²) < 4.78 is 13.0. The Morgan fingerprint density at radius 2 is 1.90 bits per heavy atom. The normalized spacial score (nSPS) is 11.3. The van der Waals surface area contributed by atoms with Crippen LogP contribution in [-0.2, 0) is 6.54 Å². The highest BCUT2D eigenvalue weighted by Gasteiger charge is 2.10. The lowest BCUT2D eigenvalue weighted by Gasteiger charge is -2.16. The molecule has 0 fully saturated rings. The minimum Gasteiger partial charge on any atom is -0.493 e. The molecule has 7 heteroatoms. The van der Waals surface area contributed by atoms with Crippen LogP contribution in [0.3, 0.4) is 0 Å². The Bertz CT molecular complexity index is 1030. The molecule has 3 rings (SSSR count). The topological polar surface area (TPSA) is 72.7 Å². The van der Waals surface area contributed by atoms with Gasteiger partial charge in [-0.2, -0.15) is 5.10 Å². The predicted octanol–water partition coefficient (Wildman–Crippen LogP) is 4.08. The number of aliphatic imine (C=N–C) groups is 1. The molecule has 0 unspecified atom stereocenters. The maximum absolute atomic E-state index is 5.66. The number of para-hydroxylation sites is 1. The molecule has 158 valence electrons. The van der Waals surface area contributed by atoms with Crippen molar-refractivity contribution in [2.75, 3.05) is 26.1 Å². The van der Waals surface area contributed by atoms with E-state index in [-0.39, 0.29) is 0 Å². The largest absolute Gasteiger partial charge is 0.493 e. The van der Waals surface area contributed by atoms with E-state index >= 15 is 0 Å². The number of guanidine groups is 1. The van der Waals surface area contributed by atoms with Crippen molar-refractivity contribution in [1.82, 2.24) is 15.1 Å². The zero-order valence-electron chi connectivity index (χ0n) is 18.2. The average molecular weight is 408 g/mol. The highest BCUT2D eigenvalue weighted by Crippen LogP contribution is 2.30. The van der Waals surface area contributed by atoms with Crippen molar-refractivity contribution in [2.45, 2.75) is 27.3 Å². The van der Waals surface area contributed by atoms with Crippen molar-refractivity contribution >= 4 is 11.6 Å². The van der Waals surface area contributed by atoms with E-state index in [9.17, 15) is 0 Å². The summed E-state index contributed by atoms with van der Waals surface area (Å²) in [7, 11) is 3.38. The van der Waals surface area contributed by atoms with E-state index in [1.54, 1.807) is 14.2 Å². The first-order valence-corrected chi connectivity index (χ1v) is 9.95. The number of anilines is 1. The number of aryl methyl sites for hydroxylation is 2. The summed E-state index contributed by atoms with van der Waals surface area (Å²) in [5, 5.41) is 11.3. The number of hydrogen-bond acceptors (Lipinski definition) is 4. The van der Waals surface area contributed by atoms with Gasteiger partial charge in [0.2, 0.25) is 0 Å². The summed E-state index contributed by atoms with van der Waals surface area (Å²) in [4.78, 5) is 4.34. The lowest BCUT2D eigenvalue weighted by Crippen LogP contribution is -2.30. The van der Waals surface area contributed by atoms with E-state index in [0.717, 1.165) is 28.3 Å². The van der Waals surface area contributed by atoms with E-state index in [4.69, 9.17) is 9.47 Å². The maximum atomic E-state index is 5.66. The second-order valence-corrected chi connectivity index (χ2v) is 6.82. The fourth-order valence-corrected chi connectivity index (χ4v) is 3.26. The first-order chi connectivity index (χ1) is 14.5. The zero-order chi connectivity index (χ0) is 21.5. The first kappa shape index (κ1) is 21.2. The van der Waals surface area contributed by atoms with Crippen LogP contribution in [0.5, 0.6) is 11.5 Å². The predicted molar refractivity (Wildman–Crippen MR) is 121 cm³/mol. The number of nitrogens with one attached hydrogen (secondary N) is 2. The Hall–Kier alpha value is -3.48. The number of rotatable bonds is 7. The van der Waals surface area contributed by atoms with E-state index in [0.29, 0.717) is 30.6 Å². The number of aromatic nitrogens is 2. The molecule has 2 aromatic carbocycles. The van der Waals surface area contributed by atoms with Crippen LogP contribution >= 0.6 is 0 Å². The molecule has 0 aliphatic carbocycles. The quantitative estimate of drug-likeness (QED) is 0.456. The van der Waals surface area contributed by atoms with Gasteiger partial charge in [0.1, 0.15) is 0 Å². The molecule has 0 spiro atoms. The molecule has 3 aromatic rings. The molecule has 7 nitrogen and oxygen atoms in total. The average Bonchev–Trinajstić information content (AvgIpc) is 3.09. The highest BCUT2D eigenvalue weighted by atomic mass is 16.5. The summed E-state index contributed by atoms with van der Waals surface area (Å²) in [5.74, 6) is 2.05. The van der Waals surface area contributed by atoms with Crippen LogP contribution in [0.25, 0.3) is 5.69 Å². The van der Waals surface area contributed by atoms with Crippen LogP contribution in [0, 0.1) is 13.8 Å². The van der Waals surface area contributed by atoms with Crippen molar-refractivity contribution in [3.05, 3.63) is 65.5 Å². The van der Waals surface area contributed by atoms with Crippen molar-refractivity contribution in [3.63, 3.8) is 0 Å². The minimum absolute atomic E-state index is 0.565. The van der Waals surface area contributed by atoms with Gasteiger partial charge in [0.05, 0.1) is 25.1 Å². The van der Waals surface area contributed by atoms with Gasteiger partial charge < -0.3 is 20.1 Å². The highest BCUT2D eigenvalue weighted by molar-refractivity contribution is 5.93. The Morgan fingerprint density at radius 1 is 1.10 bits per heavy atom. The van der Waals surface area contributed by atoms with Gasteiger partial charge >= 0.3 is 0 Å². The third kappa shape index (κ3) is 4.92. The molecule has 1 aromatic heterocycles. The molecule has 0 radical (unpaired) electrons. The number of nitrogens with zero attached hydrogens (tertiary/aromatic N) is 3. The summed E-state index contributed by atoms with van der Waals surface area (Å²) in [6.45, 7) is 7.17. The first-order valence-electron chi connectivity index (χ1n) is 9.95. The van der Waals surface area contributed by atoms with Gasteiger partial charge in [-0.15, -0.1) is 0 Å². The van der Waals surface area contributed by atoms with Crippen molar-refractivity contribution in [1.29, 1.82) is 0 Å². The molecular formula is C23H29N5O2. The number of hydrogen-bond donors (Lipinski definition) is 2. The van der Waals surface area contributed by atoms with Crippen LogP contribution < -0.4 is 20.1 Å². The van der Waals surface area contributed by atoms with Gasteiger partial charge in [-0.3, -0.25) is 4.99 Å².